The fourth-order valence-corrected chi connectivity index (χ4v) is 3.06. The summed E-state index contributed by atoms with van der Waals surface area (Å²) < 4.78 is 0. The van der Waals surface area contributed by atoms with Gasteiger partial charge in [0.2, 0.25) is 0 Å². The lowest BCUT2D eigenvalue weighted by molar-refractivity contribution is -0.124. The van der Waals surface area contributed by atoms with Crippen LogP contribution in [0.4, 0.5) is 0 Å². The molecule has 0 spiro atoms. The largest absolute Gasteiger partial charge is 0.299 e. The van der Waals surface area contributed by atoms with Gasteiger partial charge in [0.25, 0.3) is 0 Å². The van der Waals surface area contributed by atoms with E-state index >= 15 is 0 Å². The second kappa shape index (κ2) is 7.11. The van der Waals surface area contributed by atoms with Crippen LogP contribution in [0.15, 0.2) is 12.7 Å². The van der Waals surface area contributed by atoms with Gasteiger partial charge < -0.3 is 0 Å². The maximum Gasteiger partial charge on any atom is 0.135 e. The van der Waals surface area contributed by atoms with Crippen molar-refractivity contribution in [1.82, 2.24) is 0 Å². The molecule has 1 fully saturated rings. The van der Waals surface area contributed by atoms with Crippen LogP contribution in [0.3, 0.4) is 0 Å². The van der Waals surface area contributed by atoms with Crippen LogP contribution in [0, 0.1) is 29.6 Å². The molecule has 0 radical (unpaired) electrons. The maximum atomic E-state index is 12.2. The van der Waals surface area contributed by atoms with Crippen molar-refractivity contribution in [3.8, 4) is 0 Å². The topological polar surface area (TPSA) is 17.1 Å². The van der Waals surface area contributed by atoms with Gasteiger partial charge in [0.15, 0.2) is 0 Å². The Kier molecular flexibility index (Phi) is 6.11. The summed E-state index contributed by atoms with van der Waals surface area (Å²) >= 11 is 0. The van der Waals surface area contributed by atoms with Gasteiger partial charge in [0, 0.05) is 12.3 Å². The molecular weight excluding hydrogens is 220 g/mol. The molecule has 1 unspecified atom stereocenters. The van der Waals surface area contributed by atoms with E-state index in [2.05, 4.69) is 40.3 Å². The highest BCUT2D eigenvalue weighted by molar-refractivity contribution is 5.80. The summed E-state index contributed by atoms with van der Waals surface area (Å²) in [6.45, 7) is 12.9. The van der Waals surface area contributed by atoms with E-state index in [1.165, 1.54) is 12.8 Å². The predicted molar refractivity (Wildman–Crippen MR) is 78.4 cm³/mol. The number of hydrogen-bond acceptors (Lipinski definition) is 1. The molecule has 0 heterocycles. The molecule has 4 atom stereocenters. The molecule has 1 aliphatic rings. The van der Waals surface area contributed by atoms with Crippen molar-refractivity contribution in [2.75, 3.05) is 0 Å². The summed E-state index contributed by atoms with van der Waals surface area (Å²) in [7, 11) is 0. The van der Waals surface area contributed by atoms with Crippen LogP contribution >= 0.6 is 0 Å². The summed E-state index contributed by atoms with van der Waals surface area (Å²) in [6, 6.07) is 0. The maximum absolute atomic E-state index is 12.2. The summed E-state index contributed by atoms with van der Waals surface area (Å²) in [4.78, 5) is 12.2. The molecule has 0 aromatic rings. The lowest BCUT2D eigenvalue weighted by Crippen LogP contribution is -2.23. The molecule has 0 N–H and O–H groups in total. The van der Waals surface area contributed by atoms with E-state index in [0.29, 0.717) is 29.5 Å². The first-order chi connectivity index (χ1) is 8.45. The minimum absolute atomic E-state index is 0.235. The van der Waals surface area contributed by atoms with Gasteiger partial charge in [-0.1, -0.05) is 33.8 Å². The Hall–Kier alpha value is -0.590. The summed E-state index contributed by atoms with van der Waals surface area (Å²) in [5.41, 5.74) is 0. The molecule has 0 saturated heterocycles. The Bertz CT molecular complexity index is 279. The molecule has 0 aromatic heterocycles. The zero-order chi connectivity index (χ0) is 13.7. The Labute approximate surface area is 113 Å². The van der Waals surface area contributed by atoms with Crippen LogP contribution in [0.1, 0.15) is 59.8 Å². The van der Waals surface area contributed by atoms with Crippen molar-refractivity contribution in [1.29, 1.82) is 0 Å². The fraction of sp³-hybridized carbons (Fsp3) is 0.824. The van der Waals surface area contributed by atoms with Crippen molar-refractivity contribution < 1.29 is 4.79 Å². The first-order valence-corrected chi connectivity index (χ1v) is 7.61. The van der Waals surface area contributed by atoms with Crippen molar-refractivity contribution in [3.63, 3.8) is 0 Å². The van der Waals surface area contributed by atoms with E-state index in [-0.39, 0.29) is 5.92 Å². The van der Waals surface area contributed by atoms with Crippen LogP contribution in [0.2, 0.25) is 0 Å². The van der Waals surface area contributed by atoms with Crippen molar-refractivity contribution >= 4 is 5.78 Å². The smallest absolute Gasteiger partial charge is 0.135 e. The standard InChI is InChI=1S/C17H30O/c1-6-15-9-8-14(5)17(18)11-16(12(2)3)10-7-13(15)4/h6,12-16H,1,7-11H2,2-5H3/t13-,14+,15?,16+/m1/s1. The van der Waals surface area contributed by atoms with Crippen LogP contribution < -0.4 is 0 Å². The number of carbonyl (C=O) groups is 1. The molecule has 1 rings (SSSR count). The van der Waals surface area contributed by atoms with E-state index in [1.54, 1.807) is 0 Å². The average molecular weight is 250 g/mol. The van der Waals surface area contributed by atoms with Crippen molar-refractivity contribution in [2.24, 2.45) is 29.6 Å². The van der Waals surface area contributed by atoms with E-state index in [9.17, 15) is 4.79 Å². The third-order valence-corrected chi connectivity index (χ3v) is 4.92. The first kappa shape index (κ1) is 15.5. The van der Waals surface area contributed by atoms with Gasteiger partial charge >= 0.3 is 0 Å². The normalized spacial score (nSPS) is 35.5. The Morgan fingerprint density at radius 3 is 2.39 bits per heavy atom. The Morgan fingerprint density at radius 2 is 1.83 bits per heavy atom. The Morgan fingerprint density at radius 1 is 1.17 bits per heavy atom. The van der Waals surface area contributed by atoms with Gasteiger partial charge in [0.1, 0.15) is 5.78 Å². The molecule has 0 bridgehead atoms. The molecule has 1 nitrogen and oxygen atoms in total. The molecule has 18 heavy (non-hydrogen) atoms. The number of allylic oxidation sites excluding steroid dienone is 1. The number of Topliss-reactive ketones (excluding diaryl/α,β-unsaturated/α-hetero) is 1. The van der Waals surface area contributed by atoms with Gasteiger partial charge in [-0.15, -0.1) is 6.58 Å². The number of ketones is 1. The van der Waals surface area contributed by atoms with Crippen molar-refractivity contribution in [3.05, 3.63) is 12.7 Å². The molecule has 1 heteroatoms. The van der Waals surface area contributed by atoms with Gasteiger partial charge in [-0.3, -0.25) is 4.79 Å². The predicted octanol–water partition coefficient (Wildman–Crippen LogP) is 4.87. The molecule has 0 aromatic carbocycles. The summed E-state index contributed by atoms with van der Waals surface area (Å²) in [6.07, 6.45) is 7.50. The van der Waals surface area contributed by atoms with Gasteiger partial charge in [-0.2, -0.15) is 0 Å². The molecule has 1 aliphatic carbocycles. The summed E-state index contributed by atoms with van der Waals surface area (Å²) in [5.74, 6) is 3.21. The zero-order valence-corrected chi connectivity index (χ0v) is 12.6. The molecule has 104 valence electrons. The highest BCUT2D eigenvalue weighted by atomic mass is 16.1. The zero-order valence-electron chi connectivity index (χ0n) is 12.6. The molecular formula is C17H30O. The van der Waals surface area contributed by atoms with Crippen LogP contribution in [0.5, 0.6) is 0 Å². The quantitative estimate of drug-likeness (QED) is 0.639. The lowest BCUT2D eigenvalue weighted by Gasteiger charge is -2.29. The van der Waals surface area contributed by atoms with E-state index < -0.39 is 0 Å². The lowest BCUT2D eigenvalue weighted by atomic mass is 9.76. The second-order valence-electron chi connectivity index (χ2n) is 6.61. The summed E-state index contributed by atoms with van der Waals surface area (Å²) in [5, 5.41) is 0. The highest BCUT2D eigenvalue weighted by Gasteiger charge is 2.25. The molecule has 0 aliphatic heterocycles. The van der Waals surface area contributed by atoms with Crippen LogP contribution in [-0.4, -0.2) is 5.78 Å². The van der Waals surface area contributed by atoms with E-state index in [4.69, 9.17) is 0 Å². The van der Waals surface area contributed by atoms with Gasteiger partial charge in [-0.25, -0.2) is 0 Å². The molecule has 1 saturated carbocycles. The van der Waals surface area contributed by atoms with Crippen LogP contribution in [0.25, 0.3) is 0 Å². The first-order valence-electron chi connectivity index (χ1n) is 7.61. The van der Waals surface area contributed by atoms with Crippen LogP contribution in [-0.2, 0) is 4.79 Å². The van der Waals surface area contributed by atoms with Gasteiger partial charge in [-0.05, 0) is 49.4 Å². The highest BCUT2D eigenvalue weighted by Crippen LogP contribution is 2.32. The number of hydrogen-bond donors (Lipinski definition) is 0. The third-order valence-electron chi connectivity index (χ3n) is 4.92. The number of rotatable bonds is 2. The van der Waals surface area contributed by atoms with E-state index in [0.717, 1.165) is 19.3 Å². The SMILES string of the molecule is C=CC1CC[C@H](C)C(=O)C[C@@H](C(C)C)CC[C@H]1C. The molecule has 0 amide bonds. The van der Waals surface area contributed by atoms with E-state index in [1.807, 2.05) is 0 Å². The minimum atomic E-state index is 0.235. The fourth-order valence-electron chi connectivity index (χ4n) is 3.06. The monoisotopic (exact) mass is 250 g/mol. The minimum Gasteiger partial charge on any atom is -0.299 e. The van der Waals surface area contributed by atoms with Crippen molar-refractivity contribution in [2.45, 2.75) is 59.8 Å². The Balaban J connectivity index is 2.76. The van der Waals surface area contributed by atoms with Gasteiger partial charge in [0.05, 0.1) is 0 Å². The second-order valence-corrected chi connectivity index (χ2v) is 6.61. The third kappa shape index (κ3) is 4.26. The average Bonchev–Trinajstić information content (AvgIpc) is 2.33. The number of carbonyl (C=O) groups excluding carboxylic acids is 1.